The molecule has 1 aromatic carbocycles. The number of aromatic amines is 1. The standard InChI is InChI=1S/C11H10N4O4/c1-19-10-3-2-8(15(17)18)4-9(10)11(16)14-7-5-12-13-6-7/h2-6H,1H3,(H,12,13)(H,14,16). The van der Waals surface area contributed by atoms with E-state index in [1.54, 1.807) is 0 Å². The van der Waals surface area contributed by atoms with Crippen LogP contribution in [0.15, 0.2) is 30.6 Å². The Morgan fingerprint density at radius 1 is 1.53 bits per heavy atom. The van der Waals surface area contributed by atoms with E-state index >= 15 is 0 Å². The smallest absolute Gasteiger partial charge is 0.270 e. The predicted molar refractivity (Wildman–Crippen MR) is 66.2 cm³/mol. The molecule has 0 aliphatic carbocycles. The molecule has 0 radical (unpaired) electrons. The highest BCUT2D eigenvalue weighted by Gasteiger charge is 2.17. The van der Waals surface area contributed by atoms with Crippen LogP contribution in [0.25, 0.3) is 0 Å². The van der Waals surface area contributed by atoms with Gasteiger partial charge in [-0.2, -0.15) is 5.10 Å². The van der Waals surface area contributed by atoms with Gasteiger partial charge in [-0.3, -0.25) is 20.0 Å². The number of nitrogens with one attached hydrogen (secondary N) is 2. The van der Waals surface area contributed by atoms with Crippen LogP contribution in [0.5, 0.6) is 5.75 Å². The van der Waals surface area contributed by atoms with Crippen LogP contribution in [0.1, 0.15) is 10.4 Å². The summed E-state index contributed by atoms with van der Waals surface area (Å²) >= 11 is 0. The van der Waals surface area contributed by atoms with Crippen molar-refractivity contribution in [2.45, 2.75) is 0 Å². The van der Waals surface area contributed by atoms with Crippen molar-refractivity contribution in [2.24, 2.45) is 0 Å². The SMILES string of the molecule is COc1ccc([N+](=O)[O-])cc1C(=O)Nc1cn[nH]c1. The summed E-state index contributed by atoms with van der Waals surface area (Å²) in [6.45, 7) is 0. The first kappa shape index (κ1) is 12.6. The maximum atomic E-state index is 12.0. The van der Waals surface area contributed by atoms with Crippen LogP contribution in [-0.2, 0) is 0 Å². The molecule has 0 fully saturated rings. The quantitative estimate of drug-likeness (QED) is 0.642. The van der Waals surface area contributed by atoms with Gasteiger partial charge in [-0.25, -0.2) is 0 Å². The molecule has 2 N–H and O–H groups in total. The number of benzene rings is 1. The second kappa shape index (κ2) is 5.17. The molecule has 1 amide bonds. The number of hydrogen-bond acceptors (Lipinski definition) is 5. The number of ether oxygens (including phenoxy) is 1. The number of H-pyrrole nitrogens is 1. The third-order valence-corrected chi connectivity index (χ3v) is 2.39. The lowest BCUT2D eigenvalue weighted by molar-refractivity contribution is -0.384. The number of amides is 1. The number of rotatable bonds is 4. The third kappa shape index (κ3) is 2.68. The van der Waals surface area contributed by atoms with Gasteiger partial charge < -0.3 is 10.1 Å². The van der Waals surface area contributed by atoms with Gasteiger partial charge in [-0.15, -0.1) is 0 Å². The second-order valence-corrected chi connectivity index (χ2v) is 3.58. The molecule has 0 bridgehead atoms. The number of methoxy groups -OCH3 is 1. The van der Waals surface area contributed by atoms with E-state index in [-0.39, 0.29) is 17.0 Å². The number of carbonyl (C=O) groups is 1. The molecule has 0 saturated carbocycles. The van der Waals surface area contributed by atoms with Crippen molar-refractivity contribution >= 4 is 17.3 Å². The average molecular weight is 262 g/mol. The van der Waals surface area contributed by atoms with E-state index in [1.165, 1.54) is 31.6 Å². The molecule has 8 nitrogen and oxygen atoms in total. The molecule has 0 spiro atoms. The largest absolute Gasteiger partial charge is 0.496 e. The Bertz CT molecular complexity index is 609. The number of non-ortho nitro benzene ring substituents is 1. The zero-order valence-corrected chi connectivity index (χ0v) is 9.91. The van der Waals surface area contributed by atoms with Crippen LogP contribution in [-0.4, -0.2) is 28.1 Å². The summed E-state index contributed by atoms with van der Waals surface area (Å²) in [6, 6.07) is 3.81. The number of aromatic nitrogens is 2. The molecule has 19 heavy (non-hydrogen) atoms. The number of carbonyl (C=O) groups excluding carboxylic acids is 1. The third-order valence-electron chi connectivity index (χ3n) is 2.39. The summed E-state index contributed by atoms with van der Waals surface area (Å²) < 4.78 is 5.01. The monoisotopic (exact) mass is 262 g/mol. The van der Waals surface area contributed by atoms with Crippen molar-refractivity contribution in [3.8, 4) is 5.75 Å². The van der Waals surface area contributed by atoms with Crippen LogP contribution >= 0.6 is 0 Å². The summed E-state index contributed by atoms with van der Waals surface area (Å²) in [5.41, 5.74) is 0.356. The molecule has 0 atom stereocenters. The molecule has 0 unspecified atom stereocenters. The van der Waals surface area contributed by atoms with Gasteiger partial charge in [0.05, 0.1) is 29.5 Å². The van der Waals surface area contributed by atoms with E-state index in [2.05, 4.69) is 15.5 Å². The lowest BCUT2D eigenvalue weighted by Crippen LogP contribution is -2.13. The maximum absolute atomic E-state index is 12.0. The predicted octanol–water partition coefficient (Wildman–Crippen LogP) is 1.58. The first-order chi connectivity index (χ1) is 9.11. The van der Waals surface area contributed by atoms with E-state index in [0.717, 1.165) is 6.07 Å². The minimum atomic E-state index is -0.575. The van der Waals surface area contributed by atoms with Gasteiger partial charge in [0.1, 0.15) is 5.75 Å². The maximum Gasteiger partial charge on any atom is 0.270 e. The van der Waals surface area contributed by atoms with Crippen molar-refractivity contribution in [1.29, 1.82) is 0 Å². The fraction of sp³-hybridized carbons (Fsp3) is 0.0909. The van der Waals surface area contributed by atoms with Crippen molar-refractivity contribution in [1.82, 2.24) is 10.2 Å². The summed E-state index contributed by atoms with van der Waals surface area (Å²) in [7, 11) is 1.38. The van der Waals surface area contributed by atoms with Gasteiger partial charge in [0.2, 0.25) is 0 Å². The summed E-state index contributed by atoms with van der Waals surface area (Å²) in [6.07, 6.45) is 2.91. The van der Waals surface area contributed by atoms with Crippen molar-refractivity contribution in [3.63, 3.8) is 0 Å². The van der Waals surface area contributed by atoms with E-state index in [9.17, 15) is 14.9 Å². The van der Waals surface area contributed by atoms with E-state index < -0.39 is 10.8 Å². The Labute approximate surface area is 107 Å². The zero-order chi connectivity index (χ0) is 13.8. The molecule has 0 aliphatic rings. The average Bonchev–Trinajstić information content (AvgIpc) is 2.90. The Morgan fingerprint density at radius 3 is 2.89 bits per heavy atom. The first-order valence-corrected chi connectivity index (χ1v) is 5.24. The van der Waals surface area contributed by atoms with Crippen LogP contribution in [0.2, 0.25) is 0 Å². The van der Waals surface area contributed by atoms with Crippen LogP contribution in [0.4, 0.5) is 11.4 Å². The van der Waals surface area contributed by atoms with Crippen LogP contribution in [0, 0.1) is 10.1 Å². The summed E-state index contributed by atoms with van der Waals surface area (Å²) in [4.78, 5) is 22.1. The van der Waals surface area contributed by atoms with Gasteiger partial charge >= 0.3 is 0 Å². The number of hydrogen-bond donors (Lipinski definition) is 2. The molecule has 1 aromatic heterocycles. The molecular weight excluding hydrogens is 252 g/mol. The number of nitro benzene ring substituents is 1. The van der Waals surface area contributed by atoms with Crippen molar-refractivity contribution in [3.05, 3.63) is 46.3 Å². The number of nitrogens with zero attached hydrogens (tertiary/aromatic N) is 2. The second-order valence-electron chi connectivity index (χ2n) is 3.58. The topological polar surface area (TPSA) is 110 Å². The first-order valence-electron chi connectivity index (χ1n) is 5.24. The van der Waals surface area contributed by atoms with Gasteiger partial charge in [0.25, 0.3) is 11.6 Å². The Hall–Kier alpha value is -2.90. The van der Waals surface area contributed by atoms with Crippen LogP contribution in [0.3, 0.4) is 0 Å². The van der Waals surface area contributed by atoms with E-state index in [4.69, 9.17) is 4.74 Å². The highest BCUT2D eigenvalue weighted by Crippen LogP contribution is 2.24. The molecule has 1 heterocycles. The van der Waals surface area contributed by atoms with Crippen molar-refractivity contribution in [2.75, 3.05) is 12.4 Å². The molecule has 8 heteroatoms. The van der Waals surface area contributed by atoms with Gasteiger partial charge in [-0.05, 0) is 6.07 Å². The molecule has 2 rings (SSSR count). The zero-order valence-electron chi connectivity index (χ0n) is 9.91. The van der Waals surface area contributed by atoms with E-state index in [1.807, 2.05) is 0 Å². The van der Waals surface area contributed by atoms with Crippen molar-refractivity contribution < 1.29 is 14.5 Å². The fourth-order valence-electron chi connectivity index (χ4n) is 1.50. The van der Waals surface area contributed by atoms with Gasteiger partial charge in [0.15, 0.2) is 0 Å². The molecular formula is C11H10N4O4. The Morgan fingerprint density at radius 2 is 2.32 bits per heavy atom. The lowest BCUT2D eigenvalue weighted by Gasteiger charge is -2.07. The normalized spacial score (nSPS) is 9.95. The summed E-state index contributed by atoms with van der Waals surface area (Å²) in [5, 5.41) is 19.5. The highest BCUT2D eigenvalue weighted by atomic mass is 16.6. The van der Waals surface area contributed by atoms with Gasteiger partial charge in [0, 0.05) is 18.3 Å². The molecule has 2 aromatic rings. The lowest BCUT2D eigenvalue weighted by atomic mass is 10.1. The Balaban J connectivity index is 2.33. The number of anilines is 1. The fourth-order valence-corrected chi connectivity index (χ4v) is 1.50. The molecule has 0 saturated heterocycles. The minimum absolute atomic E-state index is 0.0814. The number of nitro groups is 1. The molecule has 98 valence electrons. The van der Waals surface area contributed by atoms with Gasteiger partial charge in [-0.1, -0.05) is 0 Å². The van der Waals surface area contributed by atoms with E-state index in [0.29, 0.717) is 5.69 Å². The molecule has 0 aliphatic heterocycles. The summed E-state index contributed by atoms with van der Waals surface area (Å²) in [5.74, 6) is -0.256. The minimum Gasteiger partial charge on any atom is -0.496 e. The highest BCUT2D eigenvalue weighted by molar-refractivity contribution is 6.06. The Kier molecular flexibility index (Phi) is 3.42. The van der Waals surface area contributed by atoms with Crippen LogP contribution < -0.4 is 10.1 Å².